The van der Waals surface area contributed by atoms with E-state index in [2.05, 4.69) is 0 Å². The Balaban J connectivity index is 2.11. The second kappa shape index (κ2) is 4.30. The topological polar surface area (TPSA) is 0 Å². The normalized spacial score (nSPS) is 17.8. The Labute approximate surface area is 113 Å². The molecule has 0 aromatic heterocycles. The molecule has 3 rings (SSSR count). The van der Waals surface area contributed by atoms with Crippen LogP contribution in [0.5, 0.6) is 0 Å². The smallest absolute Gasteiger partial charge is 0.166 e. The number of hydrogen-bond donors (Lipinski definition) is 0. The third kappa shape index (κ3) is 2.14. The van der Waals surface area contributed by atoms with Gasteiger partial charge in [0.25, 0.3) is 0 Å². The van der Waals surface area contributed by atoms with Crippen molar-refractivity contribution in [1.29, 1.82) is 0 Å². The fourth-order valence-corrected chi connectivity index (χ4v) is 3.61. The van der Waals surface area contributed by atoms with Crippen LogP contribution in [0.25, 0.3) is 0 Å². The molecule has 19 heavy (non-hydrogen) atoms. The van der Waals surface area contributed by atoms with Crippen LogP contribution in [-0.4, -0.2) is 0 Å². The van der Waals surface area contributed by atoms with E-state index in [0.717, 1.165) is 27.0 Å². The van der Waals surface area contributed by atoms with Crippen LogP contribution < -0.4 is 0 Å². The molecule has 0 amide bonds. The van der Waals surface area contributed by atoms with Gasteiger partial charge in [-0.25, -0.2) is 0 Å². The molecule has 1 atom stereocenters. The van der Waals surface area contributed by atoms with E-state index in [-0.39, 0.29) is 5.92 Å². The van der Waals surface area contributed by atoms with Gasteiger partial charge in [-0.2, -0.15) is 13.2 Å². The first kappa shape index (κ1) is 12.6. The summed E-state index contributed by atoms with van der Waals surface area (Å²) in [5.74, 6) is -0.00486. The molecule has 2 aromatic rings. The largest absolute Gasteiger partial charge is 0.416 e. The van der Waals surface area contributed by atoms with Gasteiger partial charge in [-0.1, -0.05) is 36.9 Å². The van der Waals surface area contributed by atoms with Gasteiger partial charge in [0.1, 0.15) is 0 Å². The minimum absolute atomic E-state index is 0.00486. The highest BCUT2D eigenvalue weighted by Gasteiger charge is 2.32. The van der Waals surface area contributed by atoms with Gasteiger partial charge < -0.3 is 0 Å². The van der Waals surface area contributed by atoms with Crippen molar-refractivity contribution in [2.75, 3.05) is 0 Å². The van der Waals surface area contributed by atoms with Crippen LogP contribution in [0.15, 0.2) is 52.3 Å². The molecule has 1 aliphatic heterocycles. The van der Waals surface area contributed by atoms with Gasteiger partial charge in [-0.3, -0.25) is 0 Å². The second-order valence-electron chi connectivity index (χ2n) is 4.61. The van der Waals surface area contributed by atoms with Crippen LogP contribution in [0.4, 0.5) is 13.2 Å². The quantitative estimate of drug-likeness (QED) is 0.629. The lowest BCUT2D eigenvalue weighted by atomic mass is 9.91. The highest BCUT2D eigenvalue weighted by atomic mass is 32.2. The Morgan fingerprint density at radius 3 is 2.37 bits per heavy atom. The molecule has 1 aliphatic rings. The fraction of sp³-hybridized carbons (Fsp3) is 0.200. The third-order valence-electron chi connectivity index (χ3n) is 3.41. The molecule has 0 spiro atoms. The first-order valence-corrected chi connectivity index (χ1v) is 6.76. The van der Waals surface area contributed by atoms with Crippen LogP contribution in [0.3, 0.4) is 0 Å². The maximum Gasteiger partial charge on any atom is 0.416 e. The summed E-state index contributed by atoms with van der Waals surface area (Å²) in [5, 5.41) is 0. The van der Waals surface area contributed by atoms with Gasteiger partial charge in [0, 0.05) is 15.7 Å². The minimum Gasteiger partial charge on any atom is -0.166 e. The number of benzene rings is 2. The lowest BCUT2D eigenvalue weighted by molar-refractivity contribution is -0.137. The molecule has 2 aromatic carbocycles. The van der Waals surface area contributed by atoms with Crippen molar-refractivity contribution < 1.29 is 13.2 Å². The Bertz CT molecular complexity index is 632. The van der Waals surface area contributed by atoms with Crippen molar-refractivity contribution in [3.05, 3.63) is 59.2 Å². The summed E-state index contributed by atoms with van der Waals surface area (Å²) in [6.07, 6.45) is -4.28. The first-order chi connectivity index (χ1) is 8.97. The lowest BCUT2D eigenvalue weighted by Gasteiger charge is -2.25. The third-order valence-corrected chi connectivity index (χ3v) is 4.59. The zero-order chi connectivity index (χ0) is 13.6. The molecule has 0 saturated heterocycles. The summed E-state index contributed by atoms with van der Waals surface area (Å²) in [5.41, 5.74) is 1.29. The average molecular weight is 280 g/mol. The molecule has 1 heterocycles. The Hall–Kier alpha value is -1.42. The number of halogens is 3. The monoisotopic (exact) mass is 280 g/mol. The molecule has 0 bridgehead atoms. The van der Waals surface area contributed by atoms with E-state index < -0.39 is 11.7 Å². The van der Waals surface area contributed by atoms with E-state index in [1.165, 1.54) is 17.8 Å². The van der Waals surface area contributed by atoms with Crippen molar-refractivity contribution in [3.8, 4) is 0 Å². The molecule has 0 aliphatic carbocycles. The maximum atomic E-state index is 12.8. The highest BCUT2D eigenvalue weighted by Crippen LogP contribution is 2.46. The van der Waals surface area contributed by atoms with E-state index in [4.69, 9.17) is 0 Å². The average Bonchev–Trinajstić information content (AvgIpc) is 2.37. The van der Waals surface area contributed by atoms with Crippen molar-refractivity contribution in [2.45, 2.75) is 28.8 Å². The summed E-state index contributed by atoms with van der Waals surface area (Å²) in [4.78, 5) is 2.04. The lowest BCUT2D eigenvalue weighted by Crippen LogP contribution is -2.10. The Kier molecular flexibility index (Phi) is 2.86. The van der Waals surface area contributed by atoms with Crippen molar-refractivity contribution in [3.63, 3.8) is 0 Å². The molecule has 4 heteroatoms. The molecule has 0 unspecified atom stereocenters. The number of fused-ring (bicyclic) bond motifs is 2. The predicted molar refractivity (Wildman–Crippen MR) is 69.5 cm³/mol. The van der Waals surface area contributed by atoms with Crippen molar-refractivity contribution >= 4 is 11.8 Å². The molecular formula is C15H11F3S. The molecule has 0 nitrogen and oxygen atoms in total. The highest BCUT2D eigenvalue weighted by molar-refractivity contribution is 7.99. The second-order valence-corrected chi connectivity index (χ2v) is 5.70. The molecular weight excluding hydrogens is 269 g/mol. The molecule has 0 radical (unpaired) electrons. The van der Waals surface area contributed by atoms with E-state index in [1.807, 2.05) is 31.2 Å². The standard InChI is InChI=1S/C15H11F3S/c1-9-11-4-2-3-5-13(11)19-14-7-6-10(8-12(9)14)15(16,17)18/h2-9H,1H3/t9-/m0/s1. The summed E-state index contributed by atoms with van der Waals surface area (Å²) >= 11 is 1.54. The first-order valence-electron chi connectivity index (χ1n) is 5.95. The SMILES string of the molecule is C[C@H]1c2ccccc2Sc2ccc(C(F)(F)F)cc21. The van der Waals surface area contributed by atoms with Gasteiger partial charge in [0.2, 0.25) is 0 Å². The van der Waals surface area contributed by atoms with Crippen LogP contribution >= 0.6 is 11.8 Å². The van der Waals surface area contributed by atoms with Crippen LogP contribution in [0, 0.1) is 0 Å². The maximum absolute atomic E-state index is 12.8. The summed E-state index contributed by atoms with van der Waals surface area (Å²) in [7, 11) is 0. The van der Waals surface area contributed by atoms with Gasteiger partial charge in [-0.15, -0.1) is 0 Å². The fourth-order valence-electron chi connectivity index (χ4n) is 2.37. The van der Waals surface area contributed by atoms with E-state index in [1.54, 1.807) is 6.07 Å². The Morgan fingerprint density at radius 1 is 0.947 bits per heavy atom. The van der Waals surface area contributed by atoms with Crippen LogP contribution in [0.2, 0.25) is 0 Å². The van der Waals surface area contributed by atoms with E-state index >= 15 is 0 Å². The van der Waals surface area contributed by atoms with E-state index in [9.17, 15) is 13.2 Å². The Morgan fingerprint density at radius 2 is 1.63 bits per heavy atom. The molecule has 0 N–H and O–H groups in total. The summed E-state index contributed by atoms with van der Waals surface area (Å²) in [6.45, 7) is 1.96. The molecule has 0 fully saturated rings. The summed E-state index contributed by atoms with van der Waals surface area (Å²) < 4.78 is 38.3. The number of alkyl halides is 3. The number of rotatable bonds is 0. The molecule has 98 valence electrons. The predicted octanol–water partition coefficient (Wildman–Crippen LogP) is 5.32. The number of hydrogen-bond acceptors (Lipinski definition) is 1. The van der Waals surface area contributed by atoms with Gasteiger partial charge >= 0.3 is 6.18 Å². The van der Waals surface area contributed by atoms with Crippen LogP contribution in [-0.2, 0) is 6.18 Å². The zero-order valence-electron chi connectivity index (χ0n) is 10.2. The van der Waals surface area contributed by atoms with Gasteiger partial charge in [0.15, 0.2) is 0 Å². The summed E-state index contributed by atoms with van der Waals surface area (Å²) in [6, 6.07) is 11.9. The minimum atomic E-state index is -4.28. The van der Waals surface area contributed by atoms with Crippen molar-refractivity contribution in [1.82, 2.24) is 0 Å². The molecule has 0 saturated carbocycles. The van der Waals surface area contributed by atoms with E-state index in [0.29, 0.717) is 0 Å². The zero-order valence-corrected chi connectivity index (χ0v) is 11.0. The van der Waals surface area contributed by atoms with Gasteiger partial charge in [-0.05, 0) is 35.4 Å². The van der Waals surface area contributed by atoms with Gasteiger partial charge in [0.05, 0.1) is 5.56 Å². The van der Waals surface area contributed by atoms with Crippen LogP contribution in [0.1, 0.15) is 29.5 Å². The van der Waals surface area contributed by atoms with Crippen molar-refractivity contribution in [2.24, 2.45) is 0 Å².